The van der Waals surface area contributed by atoms with Crippen LogP contribution >= 0.6 is 11.8 Å². The lowest BCUT2D eigenvalue weighted by molar-refractivity contribution is 0.118. The van der Waals surface area contributed by atoms with Gasteiger partial charge in [0.25, 0.3) is 0 Å². The van der Waals surface area contributed by atoms with E-state index in [1.165, 1.54) is 0 Å². The minimum Gasteiger partial charge on any atom is -0.426 e. The Kier molecular flexibility index (Phi) is 1.08. The predicted octanol–water partition coefficient (Wildman–Crippen LogP) is 0.637. The van der Waals surface area contributed by atoms with Crippen molar-refractivity contribution in [3.8, 4) is 0 Å². The molecule has 0 N–H and O–H groups in total. The Morgan fingerprint density at radius 1 is 1.33 bits per heavy atom. The molecule has 0 unspecified atom stereocenters. The van der Waals surface area contributed by atoms with Gasteiger partial charge in [-0.25, -0.2) is 4.79 Å². The van der Waals surface area contributed by atoms with Crippen LogP contribution in [0, 0.1) is 0 Å². The molecular formula is C5H6O3S. The summed E-state index contributed by atoms with van der Waals surface area (Å²) in [5.74, 6) is 1.80. The molecule has 0 saturated carbocycles. The highest BCUT2D eigenvalue weighted by Gasteiger charge is 2.40. The maximum Gasteiger partial charge on any atom is 0.509 e. The Morgan fingerprint density at radius 2 is 1.89 bits per heavy atom. The van der Waals surface area contributed by atoms with Gasteiger partial charge in [-0.05, 0) is 0 Å². The predicted molar refractivity (Wildman–Crippen MR) is 32.5 cm³/mol. The number of ether oxygens (including phenoxy) is 2. The van der Waals surface area contributed by atoms with E-state index in [1.807, 2.05) is 0 Å². The van der Waals surface area contributed by atoms with Crippen molar-refractivity contribution < 1.29 is 14.3 Å². The van der Waals surface area contributed by atoms with E-state index < -0.39 is 6.16 Å². The van der Waals surface area contributed by atoms with Crippen molar-refractivity contribution in [1.82, 2.24) is 0 Å². The van der Waals surface area contributed by atoms with Crippen molar-refractivity contribution in [2.24, 2.45) is 0 Å². The fourth-order valence-corrected chi connectivity index (χ4v) is 2.18. The molecule has 2 atom stereocenters. The van der Waals surface area contributed by atoms with Crippen LogP contribution in [-0.2, 0) is 9.47 Å². The molecule has 0 bridgehead atoms. The summed E-state index contributed by atoms with van der Waals surface area (Å²) in [4.78, 5) is 10.4. The van der Waals surface area contributed by atoms with Crippen LogP contribution in [0.1, 0.15) is 0 Å². The summed E-state index contributed by atoms with van der Waals surface area (Å²) >= 11 is 1.77. The maximum atomic E-state index is 10.4. The summed E-state index contributed by atoms with van der Waals surface area (Å²) in [6, 6.07) is 0. The highest BCUT2D eigenvalue weighted by Crippen LogP contribution is 2.28. The molecule has 2 aliphatic rings. The van der Waals surface area contributed by atoms with Gasteiger partial charge in [-0.15, -0.1) is 0 Å². The highest BCUT2D eigenvalue weighted by molar-refractivity contribution is 7.99. The minimum atomic E-state index is -0.495. The molecule has 50 valence electrons. The average molecular weight is 146 g/mol. The molecule has 0 radical (unpaired) electrons. The monoisotopic (exact) mass is 146 g/mol. The molecule has 2 rings (SSSR count). The van der Waals surface area contributed by atoms with Gasteiger partial charge >= 0.3 is 6.16 Å². The number of fused-ring (bicyclic) bond motifs is 1. The normalized spacial score (nSPS) is 39.8. The SMILES string of the molecule is O=C1O[C@H]2CSC[C@H]2O1. The van der Waals surface area contributed by atoms with Crippen LogP contribution < -0.4 is 0 Å². The Bertz CT molecular complexity index is 133. The van der Waals surface area contributed by atoms with Crippen molar-refractivity contribution >= 4 is 17.9 Å². The van der Waals surface area contributed by atoms with E-state index in [0.29, 0.717) is 0 Å². The van der Waals surface area contributed by atoms with Crippen LogP contribution in [0.25, 0.3) is 0 Å². The number of thioether (sulfide) groups is 1. The Hall–Kier alpha value is -0.380. The van der Waals surface area contributed by atoms with Gasteiger partial charge < -0.3 is 9.47 Å². The Balaban J connectivity index is 2.09. The smallest absolute Gasteiger partial charge is 0.426 e. The second kappa shape index (κ2) is 1.80. The van der Waals surface area contributed by atoms with Gasteiger partial charge in [-0.1, -0.05) is 0 Å². The molecule has 0 aromatic carbocycles. The van der Waals surface area contributed by atoms with E-state index in [9.17, 15) is 4.79 Å². The summed E-state index contributed by atoms with van der Waals surface area (Å²) < 4.78 is 9.61. The van der Waals surface area contributed by atoms with E-state index in [-0.39, 0.29) is 12.2 Å². The number of hydrogen-bond donors (Lipinski definition) is 0. The Morgan fingerprint density at radius 3 is 2.44 bits per heavy atom. The number of rotatable bonds is 0. The van der Waals surface area contributed by atoms with E-state index in [0.717, 1.165) is 11.5 Å². The molecule has 0 amide bonds. The molecule has 9 heavy (non-hydrogen) atoms. The Labute approximate surface area is 56.7 Å². The summed E-state index contributed by atoms with van der Waals surface area (Å²) in [6.45, 7) is 0. The topological polar surface area (TPSA) is 35.5 Å². The molecule has 0 aromatic heterocycles. The van der Waals surface area contributed by atoms with Gasteiger partial charge in [-0.2, -0.15) is 11.8 Å². The standard InChI is InChI=1S/C5H6O3S/c6-5-7-3-1-9-2-4(3)8-5/h3-4H,1-2H2/t3-,4+. The molecule has 2 fully saturated rings. The van der Waals surface area contributed by atoms with Gasteiger partial charge in [0.1, 0.15) is 0 Å². The fraction of sp³-hybridized carbons (Fsp3) is 0.800. The number of carbonyl (C=O) groups excluding carboxylic acids is 1. The third kappa shape index (κ3) is 0.775. The zero-order valence-electron chi connectivity index (χ0n) is 4.70. The molecule has 0 aromatic rings. The molecule has 0 aliphatic carbocycles. The van der Waals surface area contributed by atoms with Crippen LogP contribution in [-0.4, -0.2) is 29.9 Å². The van der Waals surface area contributed by atoms with Crippen LogP contribution in [0.3, 0.4) is 0 Å². The quantitative estimate of drug-likeness (QED) is 0.470. The fourth-order valence-electron chi connectivity index (χ4n) is 1.01. The first-order valence-corrected chi connectivity index (χ1v) is 3.97. The third-order valence-electron chi connectivity index (χ3n) is 1.47. The van der Waals surface area contributed by atoms with E-state index >= 15 is 0 Å². The largest absolute Gasteiger partial charge is 0.509 e. The van der Waals surface area contributed by atoms with E-state index in [2.05, 4.69) is 0 Å². The molecule has 2 saturated heterocycles. The number of hydrogen-bond acceptors (Lipinski definition) is 4. The van der Waals surface area contributed by atoms with Crippen LogP contribution in [0.2, 0.25) is 0 Å². The molecule has 4 heteroatoms. The van der Waals surface area contributed by atoms with Gasteiger partial charge in [0, 0.05) is 11.5 Å². The molecular weight excluding hydrogens is 140 g/mol. The second-order valence-corrected chi connectivity index (χ2v) is 3.17. The van der Waals surface area contributed by atoms with Crippen molar-refractivity contribution in [3.05, 3.63) is 0 Å². The molecule has 2 heterocycles. The summed E-state index contributed by atoms with van der Waals surface area (Å²) in [5.41, 5.74) is 0. The molecule has 3 nitrogen and oxygen atoms in total. The zero-order valence-corrected chi connectivity index (χ0v) is 5.52. The van der Waals surface area contributed by atoms with Crippen LogP contribution in [0.5, 0.6) is 0 Å². The van der Waals surface area contributed by atoms with Crippen molar-refractivity contribution in [2.75, 3.05) is 11.5 Å². The van der Waals surface area contributed by atoms with Gasteiger partial charge in [0.2, 0.25) is 0 Å². The highest BCUT2D eigenvalue weighted by atomic mass is 32.2. The van der Waals surface area contributed by atoms with Crippen LogP contribution in [0.4, 0.5) is 4.79 Å². The molecule has 0 spiro atoms. The van der Waals surface area contributed by atoms with Crippen molar-refractivity contribution in [3.63, 3.8) is 0 Å². The van der Waals surface area contributed by atoms with E-state index in [4.69, 9.17) is 9.47 Å². The lowest BCUT2D eigenvalue weighted by Gasteiger charge is -1.98. The first kappa shape index (κ1) is 5.41. The number of carbonyl (C=O) groups is 1. The maximum absolute atomic E-state index is 10.4. The lowest BCUT2D eigenvalue weighted by atomic mass is 10.3. The minimum absolute atomic E-state index is 0.0440. The van der Waals surface area contributed by atoms with Gasteiger partial charge in [0.15, 0.2) is 12.2 Å². The van der Waals surface area contributed by atoms with Crippen molar-refractivity contribution in [2.45, 2.75) is 12.2 Å². The van der Waals surface area contributed by atoms with Gasteiger partial charge in [-0.3, -0.25) is 0 Å². The first-order chi connectivity index (χ1) is 4.36. The zero-order chi connectivity index (χ0) is 6.27. The molecule has 2 aliphatic heterocycles. The summed E-state index contributed by atoms with van der Waals surface area (Å²) in [7, 11) is 0. The van der Waals surface area contributed by atoms with Gasteiger partial charge in [0.05, 0.1) is 0 Å². The lowest BCUT2D eigenvalue weighted by Crippen LogP contribution is -2.18. The first-order valence-electron chi connectivity index (χ1n) is 2.81. The van der Waals surface area contributed by atoms with Crippen LogP contribution in [0.15, 0.2) is 0 Å². The second-order valence-electron chi connectivity index (χ2n) is 2.10. The summed E-state index contributed by atoms with van der Waals surface area (Å²) in [6.07, 6.45) is -0.407. The third-order valence-corrected chi connectivity index (χ3v) is 2.60. The van der Waals surface area contributed by atoms with Crippen molar-refractivity contribution in [1.29, 1.82) is 0 Å². The summed E-state index contributed by atoms with van der Waals surface area (Å²) in [5, 5.41) is 0. The van der Waals surface area contributed by atoms with E-state index in [1.54, 1.807) is 11.8 Å². The average Bonchev–Trinajstić information content (AvgIpc) is 2.22.